The van der Waals surface area contributed by atoms with E-state index < -0.39 is 11.9 Å². The highest BCUT2D eigenvalue weighted by Gasteiger charge is 2.32. The first-order valence-corrected chi connectivity index (χ1v) is 5.75. The lowest BCUT2D eigenvalue weighted by Gasteiger charge is -2.13. The Morgan fingerprint density at radius 1 is 1.32 bits per heavy atom. The van der Waals surface area contributed by atoms with Gasteiger partial charge in [0.05, 0.1) is 30.1 Å². The van der Waals surface area contributed by atoms with Gasteiger partial charge in [-0.3, -0.25) is 0 Å². The van der Waals surface area contributed by atoms with Crippen molar-refractivity contribution in [3.05, 3.63) is 42.2 Å². The SMILES string of the molecule is CC[C@@H](N)c1cncn1-c1ccc(C(F)(F)F)nc1. The average molecular weight is 270 g/mol. The summed E-state index contributed by atoms with van der Waals surface area (Å²) in [4.78, 5) is 7.39. The van der Waals surface area contributed by atoms with E-state index in [-0.39, 0.29) is 6.04 Å². The van der Waals surface area contributed by atoms with Crippen LogP contribution in [0.3, 0.4) is 0 Å². The van der Waals surface area contributed by atoms with Crippen LogP contribution in [0.2, 0.25) is 0 Å². The molecule has 2 aromatic rings. The van der Waals surface area contributed by atoms with Gasteiger partial charge in [0.2, 0.25) is 0 Å². The van der Waals surface area contributed by atoms with Gasteiger partial charge in [0.25, 0.3) is 0 Å². The van der Waals surface area contributed by atoms with Crippen LogP contribution in [0.5, 0.6) is 0 Å². The molecule has 0 spiro atoms. The summed E-state index contributed by atoms with van der Waals surface area (Å²) in [5.41, 5.74) is 6.24. The van der Waals surface area contributed by atoms with Crippen LogP contribution >= 0.6 is 0 Å². The van der Waals surface area contributed by atoms with Crippen molar-refractivity contribution in [2.75, 3.05) is 0 Å². The maximum atomic E-state index is 12.4. The largest absolute Gasteiger partial charge is 0.433 e. The highest BCUT2D eigenvalue weighted by Crippen LogP contribution is 2.28. The number of hydrogen-bond donors (Lipinski definition) is 1. The Morgan fingerprint density at radius 2 is 2.05 bits per heavy atom. The summed E-state index contributed by atoms with van der Waals surface area (Å²) in [6.07, 6.45) is 0.549. The van der Waals surface area contributed by atoms with Gasteiger partial charge in [-0.2, -0.15) is 13.2 Å². The van der Waals surface area contributed by atoms with Crippen LogP contribution in [0.1, 0.15) is 30.8 Å². The van der Waals surface area contributed by atoms with E-state index in [0.717, 1.165) is 18.0 Å². The molecule has 7 heteroatoms. The molecular weight excluding hydrogens is 257 g/mol. The van der Waals surface area contributed by atoms with Crippen molar-refractivity contribution in [2.45, 2.75) is 25.6 Å². The van der Waals surface area contributed by atoms with E-state index in [4.69, 9.17) is 5.73 Å². The van der Waals surface area contributed by atoms with Crippen LogP contribution in [0.15, 0.2) is 30.9 Å². The molecule has 4 nitrogen and oxygen atoms in total. The molecule has 0 fully saturated rings. The molecule has 2 aromatic heterocycles. The maximum absolute atomic E-state index is 12.4. The van der Waals surface area contributed by atoms with Gasteiger partial charge < -0.3 is 10.3 Å². The molecule has 0 aromatic carbocycles. The smallest absolute Gasteiger partial charge is 0.323 e. The molecule has 2 rings (SSSR count). The van der Waals surface area contributed by atoms with E-state index in [1.54, 1.807) is 10.8 Å². The number of alkyl halides is 3. The van der Waals surface area contributed by atoms with Crippen molar-refractivity contribution in [2.24, 2.45) is 5.73 Å². The fraction of sp³-hybridized carbons (Fsp3) is 0.333. The number of halogens is 3. The Morgan fingerprint density at radius 3 is 2.58 bits per heavy atom. The summed E-state index contributed by atoms with van der Waals surface area (Å²) >= 11 is 0. The average Bonchev–Trinajstić information content (AvgIpc) is 2.86. The number of imidazole rings is 1. The first kappa shape index (κ1) is 13.5. The monoisotopic (exact) mass is 270 g/mol. The molecule has 0 aliphatic carbocycles. The van der Waals surface area contributed by atoms with Crippen LogP contribution in [0.25, 0.3) is 5.69 Å². The molecule has 102 valence electrons. The van der Waals surface area contributed by atoms with Gasteiger partial charge in [-0.25, -0.2) is 9.97 Å². The molecule has 0 amide bonds. The molecule has 0 aliphatic heterocycles. The molecule has 0 saturated heterocycles. The lowest BCUT2D eigenvalue weighted by Crippen LogP contribution is -2.14. The number of pyridine rings is 1. The molecular formula is C12H13F3N4. The molecule has 1 atom stereocenters. The zero-order chi connectivity index (χ0) is 14.0. The minimum atomic E-state index is -4.43. The van der Waals surface area contributed by atoms with E-state index in [2.05, 4.69) is 9.97 Å². The third-order valence-electron chi connectivity index (χ3n) is 2.80. The third kappa shape index (κ3) is 2.76. The Hall–Kier alpha value is -1.89. The zero-order valence-corrected chi connectivity index (χ0v) is 10.2. The van der Waals surface area contributed by atoms with E-state index in [1.807, 2.05) is 6.92 Å². The predicted molar refractivity (Wildman–Crippen MR) is 63.6 cm³/mol. The molecule has 2 heterocycles. The second kappa shape index (κ2) is 5.00. The second-order valence-electron chi connectivity index (χ2n) is 4.10. The summed E-state index contributed by atoms with van der Waals surface area (Å²) in [7, 11) is 0. The normalized spacial score (nSPS) is 13.5. The minimum absolute atomic E-state index is 0.218. The van der Waals surface area contributed by atoms with Crippen molar-refractivity contribution in [1.82, 2.24) is 14.5 Å². The minimum Gasteiger partial charge on any atom is -0.323 e. The lowest BCUT2D eigenvalue weighted by molar-refractivity contribution is -0.141. The van der Waals surface area contributed by atoms with Gasteiger partial charge in [0.1, 0.15) is 5.69 Å². The number of rotatable bonds is 3. The Bertz CT molecular complexity index is 545. The van der Waals surface area contributed by atoms with Gasteiger partial charge in [0.15, 0.2) is 0 Å². The van der Waals surface area contributed by atoms with Gasteiger partial charge in [-0.05, 0) is 18.6 Å². The van der Waals surface area contributed by atoms with E-state index in [9.17, 15) is 13.2 Å². The van der Waals surface area contributed by atoms with Crippen molar-refractivity contribution in [1.29, 1.82) is 0 Å². The molecule has 19 heavy (non-hydrogen) atoms. The Labute approximate surface area is 108 Å². The number of nitrogens with two attached hydrogens (primary N) is 1. The van der Waals surface area contributed by atoms with Crippen LogP contribution in [-0.2, 0) is 6.18 Å². The van der Waals surface area contributed by atoms with Crippen LogP contribution in [0.4, 0.5) is 13.2 Å². The number of aromatic nitrogens is 3. The summed E-state index contributed by atoms with van der Waals surface area (Å²) < 4.78 is 38.9. The third-order valence-corrected chi connectivity index (χ3v) is 2.80. The number of nitrogens with zero attached hydrogens (tertiary/aromatic N) is 3. The van der Waals surface area contributed by atoms with Gasteiger partial charge in [-0.1, -0.05) is 6.92 Å². The summed E-state index contributed by atoms with van der Waals surface area (Å²) in [6, 6.07) is 2.07. The molecule has 2 N–H and O–H groups in total. The maximum Gasteiger partial charge on any atom is 0.433 e. The Balaban J connectivity index is 2.36. The first-order chi connectivity index (χ1) is 8.93. The molecule has 0 bridgehead atoms. The fourth-order valence-electron chi connectivity index (χ4n) is 1.70. The first-order valence-electron chi connectivity index (χ1n) is 5.75. The van der Waals surface area contributed by atoms with Crippen LogP contribution in [0, 0.1) is 0 Å². The topological polar surface area (TPSA) is 56.7 Å². The highest BCUT2D eigenvalue weighted by atomic mass is 19.4. The molecule has 0 aliphatic rings. The molecule has 0 saturated carbocycles. The van der Waals surface area contributed by atoms with Crippen molar-refractivity contribution < 1.29 is 13.2 Å². The fourth-order valence-corrected chi connectivity index (χ4v) is 1.70. The zero-order valence-electron chi connectivity index (χ0n) is 10.2. The van der Waals surface area contributed by atoms with Gasteiger partial charge in [-0.15, -0.1) is 0 Å². The number of hydrogen-bond acceptors (Lipinski definition) is 3. The predicted octanol–water partition coefficient (Wildman–Crippen LogP) is 2.70. The second-order valence-corrected chi connectivity index (χ2v) is 4.10. The highest BCUT2D eigenvalue weighted by molar-refractivity contribution is 5.33. The Kier molecular flexibility index (Phi) is 3.57. The van der Waals surface area contributed by atoms with E-state index in [0.29, 0.717) is 12.1 Å². The van der Waals surface area contributed by atoms with Gasteiger partial charge >= 0.3 is 6.18 Å². The van der Waals surface area contributed by atoms with E-state index in [1.165, 1.54) is 12.4 Å². The van der Waals surface area contributed by atoms with Crippen molar-refractivity contribution in [3.63, 3.8) is 0 Å². The summed E-state index contributed by atoms with van der Waals surface area (Å²) in [5.74, 6) is 0. The van der Waals surface area contributed by atoms with Crippen molar-refractivity contribution >= 4 is 0 Å². The van der Waals surface area contributed by atoms with Crippen LogP contribution < -0.4 is 5.73 Å². The van der Waals surface area contributed by atoms with Crippen LogP contribution in [-0.4, -0.2) is 14.5 Å². The standard InChI is InChI=1S/C12H13F3N4/c1-2-9(16)10-6-17-7-19(10)8-3-4-11(18-5-8)12(13,14)15/h3-7,9H,2,16H2,1H3/t9-/m1/s1. The molecule has 0 unspecified atom stereocenters. The van der Waals surface area contributed by atoms with Gasteiger partial charge in [0, 0.05) is 6.04 Å². The summed E-state index contributed by atoms with van der Waals surface area (Å²) in [6.45, 7) is 1.92. The summed E-state index contributed by atoms with van der Waals surface area (Å²) in [5, 5.41) is 0. The quantitative estimate of drug-likeness (QED) is 0.932. The van der Waals surface area contributed by atoms with E-state index >= 15 is 0 Å². The van der Waals surface area contributed by atoms with Crippen molar-refractivity contribution in [3.8, 4) is 5.69 Å². The lowest BCUT2D eigenvalue weighted by atomic mass is 10.2. The molecule has 0 radical (unpaired) electrons.